The third-order valence-corrected chi connectivity index (χ3v) is 3.72. The first-order valence-corrected chi connectivity index (χ1v) is 8.63. The van der Waals surface area contributed by atoms with E-state index < -0.39 is 24.2 Å². The predicted molar refractivity (Wildman–Crippen MR) is 94.2 cm³/mol. The average Bonchev–Trinajstić information content (AvgIpc) is 2.61. The highest BCUT2D eigenvalue weighted by atomic mass is 16.6. The first kappa shape index (κ1) is 20.7. The van der Waals surface area contributed by atoms with Crippen molar-refractivity contribution in [2.45, 2.75) is 58.1 Å². The number of hydrogen-bond donors (Lipinski definition) is 1. The number of hydrogen-bond acceptors (Lipinski definition) is 5. The molecule has 0 heterocycles. The Morgan fingerprint density at radius 2 is 1.76 bits per heavy atom. The zero-order valence-electron chi connectivity index (χ0n) is 15.1. The predicted octanol–water partition coefficient (Wildman–Crippen LogP) is 3.03. The van der Waals surface area contributed by atoms with Crippen molar-refractivity contribution in [1.29, 1.82) is 0 Å². The van der Waals surface area contributed by atoms with Crippen molar-refractivity contribution in [2.75, 3.05) is 7.11 Å². The normalized spacial score (nSPS) is 12.8. The van der Waals surface area contributed by atoms with Gasteiger partial charge < -0.3 is 14.8 Å². The van der Waals surface area contributed by atoms with Gasteiger partial charge in [0, 0.05) is 12.8 Å². The molecule has 0 aliphatic rings. The summed E-state index contributed by atoms with van der Waals surface area (Å²) in [4.78, 5) is 36.1. The average molecular weight is 349 g/mol. The van der Waals surface area contributed by atoms with Gasteiger partial charge in [0.2, 0.25) is 0 Å². The summed E-state index contributed by atoms with van der Waals surface area (Å²) in [6, 6.07) is 8.41. The molecule has 25 heavy (non-hydrogen) atoms. The monoisotopic (exact) mass is 349 g/mol. The van der Waals surface area contributed by atoms with Crippen LogP contribution in [0.2, 0.25) is 0 Å². The number of Topliss-reactive ketones (excluding diaryl/α,β-unsaturated/α-hetero) is 1. The number of esters is 1. The Morgan fingerprint density at radius 1 is 1.08 bits per heavy atom. The van der Waals surface area contributed by atoms with E-state index >= 15 is 0 Å². The van der Waals surface area contributed by atoms with Crippen LogP contribution in [0.25, 0.3) is 0 Å². The van der Waals surface area contributed by atoms with Crippen LogP contribution in [0.3, 0.4) is 0 Å². The number of carbonyl (C=O) groups excluding carboxylic acids is 3. The minimum atomic E-state index is -0.872. The lowest BCUT2D eigenvalue weighted by molar-refractivity contribution is -0.143. The van der Waals surface area contributed by atoms with Gasteiger partial charge in [-0.05, 0) is 18.4 Å². The van der Waals surface area contributed by atoms with Crippen molar-refractivity contribution >= 4 is 17.8 Å². The molecule has 1 aromatic rings. The second-order valence-corrected chi connectivity index (χ2v) is 5.81. The molecule has 0 bridgehead atoms. The Bertz CT molecular complexity index is 558. The molecule has 6 nitrogen and oxygen atoms in total. The van der Waals surface area contributed by atoms with Crippen LogP contribution in [0.5, 0.6) is 0 Å². The molecule has 0 saturated heterocycles. The van der Waals surface area contributed by atoms with Gasteiger partial charge in [0.25, 0.3) is 0 Å². The van der Waals surface area contributed by atoms with E-state index in [4.69, 9.17) is 9.47 Å². The molecule has 2 unspecified atom stereocenters. The number of ketones is 1. The van der Waals surface area contributed by atoms with Gasteiger partial charge in [-0.25, -0.2) is 9.59 Å². The molecule has 1 N–H and O–H groups in total. The molecule has 0 saturated carbocycles. The van der Waals surface area contributed by atoms with Gasteiger partial charge >= 0.3 is 12.1 Å². The van der Waals surface area contributed by atoms with Gasteiger partial charge in [-0.1, -0.05) is 50.6 Å². The number of ether oxygens (including phenoxy) is 2. The number of amides is 1. The Balaban J connectivity index is 2.72. The zero-order chi connectivity index (χ0) is 18.7. The second kappa shape index (κ2) is 11.2. The van der Waals surface area contributed by atoms with Crippen molar-refractivity contribution in [3.63, 3.8) is 0 Å². The summed E-state index contributed by atoms with van der Waals surface area (Å²) in [5.41, 5.74) is 0.880. The van der Waals surface area contributed by atoms with Gasteiger partial charge in [-0.15, -0.1) is 0 Å². The lowest BCUT2D eigenvalue weighted by atomic mass is 10.1. The Hall–Kier alpha value is -2.37. The third-order valence-electron chi connectivity index (χ3n) is 3.72. The largest absolute Gasteiger partial charge is 0.467 e. The first-order valence-electron chi connectivity index (χ1n) is 8.63. The topological polar surface area (TPSA) is 81.7 Å². The fourth-order valence-corrected chi connectivity index (χ4v) is 2.45. The lowest BCUT2D eigenvalue weighted by Crippen LogP contribution is -2.45. The quantitative estimate of drug-likeness (QED) is 0.657. The Kier molecular flexibility index (Phi) is 9.29. The van der Waals surface area contributed by atoms with Gasteiger partial charge in [0.05, 0.1) is 7.11 Å². The maximum atomic E-state index is 12.2. The molecule has 138 valence electrons. The number of rotatable bonds is 10. The van der Waals surface area contributed by atoms with Gasteiger partial charge in [0.15, 0.2) is 11.9 Å². The van der Waals surface area contributed by atoms with E-state index in [0.29, 0.717) is 19.3 Å². The first-order chi connectivity index (χ1) is 12.0. The van der Waals surface area contributed by atoms with Gasteiger partial charge in [-0.2, -0.15) is 0 Å². The van der Waals surface area contributed by atoms with Crippen molar-refractivity contribution < 1.29 is 23.9 Å². The highest BCUT2D eigenvalue weighted by molar-refractivity contribution is 5.86. The van der Waals surface area contributed by atoms with Gasteiger partial charge in [0.1, 0.15) is 6.04 Å². The van der Waals surface area contributed by atoms with Crippen LogP contribution in [-0.2, 0) is 25.5 Å². The molecule has 2 atom stereocenters. The fraction of sp³-hybridized carbons (Fsp3) is 0.526. The minimum absolute atomic E-state index is 0.0998. The van der Waals surface area contributed by atoms with Crippen LogP contribution >= 0.6 is 0 Å². The van der Waals surface area contributed by atoms with E-state index in [-0.39, 0.29) is 12.2 Å². The molecule has 0 fully saturated rings. The summed E-state index contributed by atoms with van der Waals surface area (Å²) < 4.78 is 10.0. The van der Waals surface area contributed by atoms with E-state index in [1.807, 2.05) is 44.2 Å². The van der Waals surface area contributed by atoms with E-state index in [2.05, 4.69) is 5.32 Å². The molecule has 1 amide bonds. The molecule has 1 rings (SSSR count). The van der Waals surface area contributed by atoms with Crippen LogP contribution in [0.1, 0.15) is 45.1 Å². The fourth-order valence-electron chi connectivity index (χ4n) is 2.45. The number of nitrogens with one attached hydrogen (secondary N) is 1. The number of alkyl carbamates (subject to hydrolysis) is 1. The smallest absolute Gasteiger partial charge is 0.408 e. The number of methoxy groups -OCH3 is 1. The maximum absolute atomic E-state index is 12.2. The second-order valence-electron chi connectivity index (χ2n) is 5.81. The number of benzene rings is 1. The van der Waals surface area contributed by atoms with E-state index in [1.165, 1.54) is 7.11 Å². The van der Waals surface area contributed by atoms with Crippen LogP contribution < -0.4 is 5.32 Å². The van der Waals surface area contributed by atoms with E-state index in [9.17, 15) is 14.4 Å². The zero-order valence-corrected chi connectivity index (χ0v) is 15.1. The molecule has 0 aliphatic heterocycles. The molecule has 1 aromatic carbocycles. The van der Waals surface area contributed by atoms with Crippen molar-refractivity contribution in [1.82, 2.24) is 5.32 Å². The summed E-state index contributed by atoms with van der Waals surface area (Å²) in [5, 5.41) is 2.51. The lowest BCUT2D eigenvalue weighted by Gasteiger charge is -2.20. The van der Waals surface area contributed by atoms with E-state index in [0.717, 1.165) is 12.0 Å². The molecule has 0 aliphatic carbocycles. The van der Waals surface area contributed by atoms with Crippen molar-refractivity contribution in [3.05, 3.63) is 35.9 Å². The van der Waals surface area contributed by atoms with Crippen LogP contribution in [-0.4, -0.2) is 37.1 Å². The molecule has 6 heteroatoms. The molecule has 0 radical (unpaired) electrons. The molecule has 0 spiro atoms. The summed E-state index contributed by atoms with van der Waals surface area (Å²) in [6.45, 7) is 3.81. The van der Waals surface area contributed by atoms with E-state index in [1.54, 1.807) is 0 Å². The molecule has 0 aromatic heterocycles. The summed E-state index contributed by atoms with van der Waals surface area (Å²) in [7, 11) is 1.26. The van der Waals surface area contributed by atoms with Crippen LogP contribution in [0.15, 0.2) is 30.3 Å². The number of carbonyl (C=O) groups is 3. The third kappa shape index (κ3) is 7.37. The molecular weight excluding hydrogens is 322 g/mol. The summed E-state index contributed by atoms with van der Waals surface area (Å²) >= 11 is 0. The summed E-state index contributed by atoms with van der Waals surface area (Å²) in [6.07, 6.45) is 0.968. The van der Waals surface area contributed by atoms with Gasteiger partial charge in [-0.3, -0.25) is 4.79 Å². The van der Waals surface area contributed by atoms with Crippen LogP contribution in [0.4, 0.5) is 4.79 Å². The SMILES string of the molecule is CCCC(=O)C(CCC)OC(=O)NC(Cc1ccccc1)C(=O)OC. The molecular formula is C19H27NO5. The van der Waals surface area contributed by atoms with Crippen LogP contribution in [0, 0.1) is 0 Å². The highest BCUT2D eigenvalue weighted by Gasteiger charge is 2.26. The Morgan fingerprint density at radius 3 is 2.32 bits per heavy atom. The van der Waals surface area contributed by atoms with Crippen molar-refractivity contribution in [2.24, 2.45) is 0 Å². The standard InChI is InChI=1S/C19H27NO5/c1-4-9-16(21)17(10-5-2)25-19(23)20-15(18(22)24-3)13-14-11-7-6-8-12-14/h6-8,11-12,15,17H,4-5,9-10,13H2,1-3H3,(H,20,23). The van der Waals surface area contributed by atoms with Crippen molar-refractivity contribution in [3.8, 4) is 0 Å². The minimum Gasteiger partial charge on any atom is -0.467 e. The maximum Gasteiger partial charge on any atom is 0.408 e. The highest BCUT2D eigenvalue weighted by Crippen LogP contribution is 2.09. The summed E-state index contributed by atoms with van der Waals surface area (Å²) in [5.74, 6) is -0.662. The Labute approximate surface area is 148 Å².